The lowest BCUT2D eigenvalue weighted by Gasteiger charge is -2.00. The topological polar surface area (TPSA) is 94.3 Å². The van der Waals surface area contributed by atoms with Crippen molar-refractivity contribution < 1.29 is 14.4 Å². The predicted octanol–water partition coefficient (Wildman–Crippen LogP) is -0.402. The number of carbonyl (C=O) groups is 2. The zero-order valence-corrected chi connectivity index (χ0v) is 8.26. The molecule has 0 fully saturated rings. The Morgan fingerprint density at radius 1 is 1.71 bits per heavy atom. The number of amides is 2. The van der Waals surface area contributed by atoms with Crippen molar-refractivity contribution in [2.24, 2.45) is 5.73 Å². The first kappa shape index (κ1) is 10.6. The van der Waals surface area contributed by atoms with Crippen molar-refractivity contribution in [3.8, 4) is 0 Å². The highest BCUT2D eigenvalue weighted by Gasteiger charge is 2.08. The molecule has 1 rings (SSSR count). The van der Waals surface area contributed by atoms with Crippen molar-refractivity contribution in [2.75, 3.05) is 6.61 Å². The molecule has 1 heterocycles. The van der Waals surface area contributed by atoms with Crippen LogP contribution in [0.3, 0.4) is 0 Å². The van der Waals surface area contributed by atoms with Crippen molar-refractivity contribution in [2.45, 2.75) is 6.92 Å². The summed E-state index contributed by atoms with van der Waals surface area (Å²) >= 11 is 1.24. The van der Waals surface area contributed by atoms with Crippen LogP contribution in [0.2, 0.25) is 0 Å². The fourth-order valence-electron chi connectivity index (χ4n) is 0.689. The van der Waals surface area contributed by atoms with Crippen molar-refractivity contribution in [1.82, 2.24) is 10.5 Å². The lowest BCUT2D eigenvalue weighted by Crippen LogP contribution is -2.28. The lowest BCUT2D eigenvalue weighted by molar-refractivity contribution is -0.124. The molecule has 0 radical (unpaired) electrons. The Morgan fingerprint density at radius 2 is 2.43 bits per heavy atom. The third-order valence-corrected chi connectivity index (χ3v) is 2.14. The van der Waals surface area contributed by atoms with Crippen LogP contribution in [-0.4, -0.2) is 23.4 Å². The first-order valence-electron chi connectivity index (χ1n) is 3.72. The van der Waals surface area contributed by atoms with Gasteiger partial charge in [0.1, 0.15) is 4.88 Å². The smallest absolute Gasteiger partial charge is 0.286 e. The molecule has 0 unspecified atom stereocenters. The van der Waals surface area contributed by atoms with Crippen molar-refractivity contribution in [3.05, 3.63) is 16.1 Å². The summed E-state index contributed by atoms with van der Waals surface area (Å²) in [5.41, 5.74) is 6.87. The van der Waals surface area contributed by atoms with Gasteiger partial charge in [0.2, 0.25) is 5.91 Å². The molecule has 0 aliphatic carbocycles. The number of nitrogens with two attached hydrogens (primary N) is 1. The van der Waals surface area contributed by atoms with Crippen LogP contribution in [0.4, 0.5) is 0 Å². The van der Waals surface area contributed by atoms with Crippen LogP contribution in [0.1, 0.15) is 14.7 Å². The molecule has 0 spiro atoms. The summed E-state index contributed by atoms with van der Waals surface area (Å²) in [6.45, 7) is 1.44. The second-order valence-electron chi connectivity index (χ2n) is 2.43. The van der Waals surface area contributed by atoms with Gasteiger partial charge in [-0.15, -0.1) is 11.3 Å². The molecule has 0 bridgehead atoms. The monoisotopic (exact) mass is 215 g/mol. The Bertz CT molecular complexity index is 350. The van der Waals surface area contributed by atoms with Gasteiger partial charge >= 0.3 is 0 Å². The van der Waals surface area contributed by atoms with Crippen molar-refractivity contribution >= 4 is 23.2 Å². The fraction of sp³-hybridized carbons (Fsp3) is 0.286. The Morgan fingerprint density at radius 3 is 2.93 bits per heavy atom. The molecule has 1 aromatic heterocycles. The minimum atomic E-state index is -0.647. The van der Waals surface area contributed by atoms with E-state index in [1.54, 1.807) is 6.92 Å². The third kappa shape index (κ3) is 3.11. The molecular formula is C7H9N3O3S. The Labute approximate surface area is 84.0 Å². The third-order valence-electron chi connectivity index (χ3n) is 1.22. The highest BCUT2D eigenvalue weighted by molar-refractivity contribution is 7.13. The molecule has 6 nitrogen and oxygen atoms in total. The number of nitrogens with one attached hydrogen (secondary N) is 1. The summed E-state index contributed by atoms with van der Waals surface area (Å²) in [6, 6.07) is 0. The minimum absolute atomic E-state index is 0.344. The van der Waals surface area contributed by atoms with Gasteiger partial charge in [-0.25, -0.2) is 10.5 Å². The van der Waals surface area contributed by atoms with Gasteiger partial charge in [-0.2, -0.15) is 0 Å². The molecular weight excluding hydrogens is 206 g/mol. The summed E-state index contributed by atoms with van der Waals surface area (Å²) in [5, 5.41) is 0.782. The van der Waals surface area contributed by atoms with Crippen molar-refractivity contribution in [1.29, 1.82) is 0 Å². The lowest BCUT2D eigenvalue weighted by atomic mass is 10.5. The molecule has 0 aliphatic rings. The van der Waals surface area contributed by atoms with Gasteiger partial charge in [0.15, 0.2) is 6.61 Å². The molecule has 0 saturated heterocycles. The van der Waals surface area contributed by atoms with E-state index in [0.29, 0.717) is 4.88 Å². The van der Waals surface area contributed by atoms with E-state index in [2.05, 4.69) is 15.3 Å². The van der Waals surface area contributed by atoms with E-state index in [4.69, 9.17) is 5.73 Å². The van der Waals surface area contributed by atoms with Crippen LogP contribution in [0, 0.1) is 6.92 Å². The van der Waals surface area contributed by atoms with Crippen LogP contribution in [0.15, 0.2) is 6.20 Å². The summed E-state index contributed by atoms with van der Waals surface area (Å²) in [4.78, 5) is 30.3. The highest BCUT2D eigenvalue weighted by Crippen LogP contribution is 2.10. The first-order valence-corrected chi connectivity index (χ1v) is 4.54. The zero-order valence-electron chi connectivity index (χ0n) is 7.44. The van der Waals surface area contributed by atoms with Gasteiger partial charge in [-0.05, 0) is 6.92 Å². The molecule has 0 aliphatic heterocycles. The molecule has 76 valence electrons. The van der Waals surface area contributed by atoms with Gasteiger partial charge in [0, 0.05) is 0 Å². The molecule has 3 N–H and O–H groups in total. The molecule has 7 heteroatoms. The van der Waals surface area contributed by atoms with Gasteiger partial charge in [0.05, 0.1) is 11.2 Å². The summed E-state index contributed by atoms with van der Waals surface area (Å²) in [7, 11) is 0. The number of hydroxylamine groups is 1. The van der Waals surface area contributed by atoms with Crippen LogP contribution in [-0.2, 0) is 9.63 Å². The number of rotatable bonds is 4. The molecule has 0 aromatic carbocycles. The van der Waals surface area contributed by atoms with Crippen LogP contribution < -0.4 is 11.2 Å². The molecule has 0 atom stereocenters. The normalized spacial score (nSPS) is 9.79. The van der Waals surface area contributed by atoms with Crippen LogP contribution in [0.5, 0.6) is 0 Å². The quantitative estimate of drug-likeness (QED) is 0.668. The maximum atomic E-state index is 11.2. The number of primary amides is 1. The molecule has 0 saturated carbocycles. The Balaban J connectivity index is 2.39. The van der Waals surface area contributed by atoms with Crippen LogP contribution in [0.25, 0.3) is 0 Å². The SMILES string of the molecule is Cc1ncc(C(=O)NOCC(N)=O)s1. The van der Waals surface area contributed by atoms with Gasteiger partial charge in [0.25, 0.3) is 5.91 Å². The first-order chi connectivity index (χ1) is 6.59. The van der Waals surface area contributed by atoms with E-state index >= 15 is 0 Å². The number of hydrogen-bond donors (Lipinski definition) is 2. The summed E-state index contributed by atoms with van der Waals surface area (Å²) in [6.07, 6.45) is 1.43. The Hall–Kier alpha value is -1.47. The zero-order chi connectivity index (χ0) is 10.6. The predicted molar refractivity (Wildman–Crippen MR) is 49.5 cm³/mol. The largest absolute Gasteiger partial charge is 0.368 e. The van der Waals surface area contributed by atoms with Gasteiger partial charge in [-0.3, -0.25) is 14.4 Å². The minimum Gasteiger partial charge on any atom is -0.368 e. The maximum absolute atomic E-state index is 11.2. The molecule has 14 heavy (non-hydrogen) atoms. The highest BCUT2D eigenvalue weighted by atomic mass is 32.1. The number of nitrogens with zero attached hydrogens (tertiary/aromatic N) is 1. The average molecular weight is 215 g/mol. The van der Waals surface area contributed by atoms with Gasteiger partial charge in [-0.1, -0.05) is 0 Å². The second kappa shape index (κ2) is 4.68. The number of thiazole rings is 1. The number of aromatic nitrogens is 1. The van der Waals surface area contributed by atoms with Crippen molar-refractivity contribution in [3.63, 3.8) is 0 Å². The van der Waals surface area contributed by atoms with E-state index in [-0.39, 0.29) is 6.61 Å². The Kier molecular flexibility index (Phi) is 3.55. The molecule has 1 aromatic rings. The summed E-state index contributed by atoms with van der Waals surface area (Å²) < 4.78 is 0. The second-order valence-corrected chi connectivity index (χ2v) is 3.66. The molecule has 2 amide bonds. The number of carbonyl (C=O) groups excluding carboxylic acids is 2. The van der Waals surface area contributed by atoms with E-state index in [9.17, 15) is 9.59 Å². The summed E-state index contributed by atoms with van der Waals surface area (Å²) in [5.74, 6) is -1.08. The standard InChI is InChI=1S/C7H9N3O3S/c1-4-9-2-5(14-4)7(12)10-13-3-6(8)11/h2H,3H2,1H3,(H2,8,11)(H,10,12). The van der Waals surface area contributed by atoms with Gasteiger partial charge < -0.3 is 5.73 Å². The van der Waals surface area contributed by atoms with E-state index in [0.717, 1.165) is 5.01 Å². The maximum Gasteiger partial charge on any atom is 0.286 e. The fourth-order valence-corrected chi connectivity index (χ4v) is 1.35. The average Bonchev–Trinajstić information content (AvgIpc) is 2.51. The number of hydrogen-bond acceptors (Lipinski definition) is 5. The van der Waals surface area contributed by atoms with E-state index in [1.807, 2.05) is 0 Å². The van der Waals surface area contributed by atoms with E-state index in [1.165, 1.54) is 17.5 Å². The van der Waals surface area contributed by atoms with Crippen LogP contribution >= 0.6 is 11.3 Å². The van der Waals surface area contributed by atoms with E-state index < -0.39 is 11.8 Å². The number of aryl methyl sites for hydroxylation is 1.